The molecule has 0 atom stereocenters. The second-order valence-corrected chi connectivity index (χ2v) is 6.80. The van der Waals surface area contributed by atoms with E-state index in [1.165, 1.54) is 18.2 Å². The summed E-state index contributed by atoms with van der Waals surface area (Å²) in [4.78, 5) is 14.0. The molecule has 0 radical (unpaired) electrons. The van der Waals surface area contributed by atoms with Gasteiger partial charge in [-0.15, -0.1) is 0 Å². The number of para-hydroxylation sites is 1. The molecule has 0 bridgehead atoms. The molecule has 7 heteroatoms. The summed E-state index contributed by atoms with van der Waals surface area (Å²) in [5.41, 5.74) is -1.47. The minimum absolute atomic E-state index is 0.0364. The molecule has 0 saturated carbocycles. The number of benzene rings is 2. The molecule has 2 aromatic carbocycles. The Hall–Kier alpha value is -2.54. The number of alkyl halides is 3. The van der Waals surface area contributed by atoms with Crippen LogP contribution in [0, 0.1) is 0 Å². The molecular formula is C20H20F3NO3. The molecule has 1 saturated heterocycles. The Kier molecular flexibility index (Phi) is 5.15. The van der Waals surface area contributed by atoms with Gasteiger partial charge in [-0.1, -0.05) is 30.3 Å². The predicted molar refractivity (Wildman–Crippen MR) is 93.0 cm³/mol. The zero-order valence-electron chi connectivity index (χ0n) is 14.5. The molecule has 3 rings (SSSR count). The minimum atomic E-state index is -4.47. The van der Waals surface area contributed by atoms with Crippen molar-refractivity contribution in [2.45, 2.75) is 31.0 Å². The molecule has 0 unspecified atom stereocenters. The molecule has 144 valence electrons. The Morgan fingerprint density at radius 2 is 1.74 bits per heavy atom. The van der Waals surface area contributed by atoms with E-state index in [2.05, 4.69) is 0 Å². The fourth-order valence-corrected chi connectivity index (χ4v) is 3.33. The number of carbonyl (C=O) groups is 1. The smallest absolute Gasteiger partial charge is 0.416 e. The lowest BCUT2D eigenvalue weighted by Gasteiger charge is -2.38. The van der Waals surface area contributed by atoms with Crippen LogP contribution in [0.2, 0.25) is 0 Å². The average Bonchev–Trinajstić information content (AvgIpc) is 2.63. The van der Waals surface area contributed by atoms with Crippen LogP contribution >= 0.6 is 0 Å². The molecule has 0 aliphatic carbocycles. The van der Waals surface area contributed by atoms with E-state index in [1.54, 1.807) is 23.1 Å². The van der Waals surface area contributed by atoms with Crippen LogP contribution in [0.1, 0.15) is 29.5 Å². The number of phenols is 1. The molecule has 2 N–H and O–H groups in total. The van der Waals surface area contributed by atoms with Gasteiger partial charge >= 0.3 is 6.18 Å². The van der Waals surface area contributed by atoms with Crippen molar-refractivity contribution < 1.29 is 28.2 Å². The number of carbonyl (C=O) groups excluding carboxylic acids is 1. The number of likely N-dealkylation sites (tertiary alicyclic amines) is 1. The number of hydrogen-bond donors (Lipinski definition) is 2. The van der Waals surface area contributed by atoms with Crippen molar-refractivity contribution >= 4 is 5.91 Å². The summed E-state index contributed by atoms with van der Waals surface area (Å²) in [5, 5.41) is 20.6. The van der Waals surface area contributed by atoms with Crippen molar-refractivity contribution in [3.05, 3.63) is 65.2 Å². The highest BCUT2D eigenvalue weighted by atomic mass is 19.4. The Labute approximate surface area is 154 Å². The van der Waals surface area contributed by atoms with Crippen LogP contribution in [-0.2, 0) is 23.0 Å². The standard InChI is InChI=1S/C20H20F3NO3/c21-20(22,23)16-6-3-5-15(13-16)19(27)8-10-24(11-9-19)18(26)12-14-4-1-2-7-17(14)25/h1-7,13,25,27H,8-12H2. The molecule has 0 aromatic heterocycles. The number of amides is 1. The summed E-state index contributed by atoms with van der Waals surface area (Å²) < 4.78 is 38.7. The first kappa shape index (κ1) is 19.2. The van der Waals surface area contributed by atoms with Gasteiger partial charge in [0.15, 0.2) is 0 Å². The van der Waals surface area contributed by atoms with E-state index in [0.29, 0.717) is 5.56 Å². The minimum Gasteiger partial charge on any atom is -0.508 e. The van der Waals surface area contributed by atoms with Crippen LogP contribution in [0.4, 0.5) is 13.2 Å². The van der Waals surface area contributed by atoms with Gasteiger partial charge in [0.25, 0.3) is 0 Å². The summed E-state index contributed by atoms with van der Waals surface area (Å²) in [7, 11) is 0. The zero-order chi connectivity index (χ0) is 19.7. The van der Waals surface area contributed by atoms with Gasteiger partial charge < -0.3 is 15.1 Å². The third-order valence-electron chi connectivity index (χ3n) is 5.00. The van der Waals surface area contributed by atoms with Crippen LogP contribution in [-0.4, -0.2) is 34.1 Å². The van der Waals surface area contributed by atoms with Crippen LogP contribution in [0.3, 0.4) is 0 Å². The number of hydrogen-bond acceptors (Lipinski definition) is 3. The number of phenolic OH excluding ortho intramolecular Hbond substituents is 1. The maximum atomic E-state index is 12.9. The SMILES string of the molecule is O=C(Cc1ccccc1O)N1CCC(O)(c2cccc(C(F)(F)F)c2)CC1. The lowest BCUT2D eigenvalue weighted by atomic mass is 9.83. The summed E-state index contributed by atoms with van der Waals surface area (Å²) >= 11 is 0. The van der Waals surface area contributed by atoms with E-state index < -0.39 is 17.3 Å². The first-order chi connectivity index (χ1) is 12.7. The number of piperidine rings is 1. The Morgan fingerprint density at radius 3 is 2.37 bits per heavy atom. The lowest BCUT2D eigenvalue weighted by Crippen LogP contribution is -2.45. The fourth-order valence-electron chi connectivity index (χ4n) is 3.33. The first-order valence-electron chi connectivity index (χ1n) is 8.64. The number of aromatic hydroxyl groups is 1. The van der Waals surface area contributed by atoms with Crippen LogP contribution < -0.4 is 0 Å². The maximum Gasteiger partial charge on any atom is 0.416 e. The molecule has 0 spiro atoms. The van der Waals surface area contributed by atoms with Crippen molar-refractivity contribution in [1.82, 2.24) is 4.90 Å². The van der Waals surface area contributed by atoms with Gasteiger partial charge in [0.05, 0.1) is 17.6 Å². The van der Waals surface area contributed by atoms with Crippen molar-refractivity contribution in [2.24, 2.45) is 0 Å². The van der Waals surface area contributed by atoms with Crippen LogP contribution in [0.15, 0.2) is 48.5 Å². The molecule has 27 heavy (non-hydrogen) atoms. The Bertz CT molecular complexity index is 827. The molecule has 4 nitrogen and oxygen atoms in total. The molecule has 1 heterocycles. The summed E-state index contributed by atoms with van der Waals surface area (Å²) in [5.74, 6) is -0.147. The largest absolute Gasteiger partial charge is 0.508 e. The third-order valence-corrected chi connectivity index (χ3v) is 5.00. The Balaban J connectivity index is 1.67. The van der Waals surface area contributed by atoms with Crippen molar-refractivity contribution in [3.63, 3.8) is 0 Å². The van der Waals surface area contributed by atoms with Crippen molar-refractivity contribution in [3.8, 4) is 5.75 Å². The molecule has 2 aromatic rings. The van der Waals surface area contributed by atoms with Crippen molar-refractivity contribution in [2.75, 3.05) is 13.1 Å². The van der Waals surface area contributed by atoms with E-state index in [1.807, 2.05) is 0 Å². The third kappa shape index (κ3) is 4.24. The number of aliphatic hydroxyl groups is 1. The van der Waals surface area contributed by atoms with E-state index in [9.17, 15) is 28.2 Å². The van der Waals surface area contributed by atoms with Gasteiger partial charge in [-0.05, 0) is 36.6 Å². The molecule has 1 aliphatic rings. The average molecular weight is 379 g/mol. The number of rotatable bonds is 3. The van der Waals surface area contributed by atoms with Gasteiger partial charge in [0.1, 0.15) is 5.75 Å². The van der Waals surface area contributed by atoms with E-state index in [4.69, 9.17) is 0 Å². The normalized spacial score (nSPS) is 17.0. The Morgan fingerprint density at radius 1 is 1.07 bits per heavy atom. The van der Waals surface area contributed by atoms with Gasteiger partial charge in [-0.25, -0.2) is 0 Å². The van der Waals surface area contributed by atoms with Crippen LogP contribution in [0.25, 0.3) is 0 Å². The predicted octanol–water partition coefficient (Wildman–Crippen LogP) is 3.46. The molecule has 1 fully saturated rings. The highest BCUT2D eigenvalue weighted by Crippen LogP contribution is 2.37. The summed E-state index contributed by atoms with van der Waals surface area (Å²) in [6, 6.07) is 11.3. The second-order valence-electron chi connectivity index (χ2n) is 6.80. The monoisotopic (exact) mass is 379 g/mol. The molecule has 1 aliphatic heterocycles. The highest BCUT2D eigenvalue weighted by Gasteiger charge is 2.37. The van der Waals surface area contributed by atoms with E-state index >= 15 is 0 Å². The molecular weight excluding hydrogens is 359 g/mol. The van der Waals surface area contributed by atoms with E-state index in [-0.39, 0.29) is 49.6 Å². The summed E-state index contributed by atoms with van der Waals surface area (Å²) in [6.45, 7) is 0.471. The van der Waals surface area contributed by atoms with Gasteiger partial charge in [0.2, 0.25) is 5.91 Å². The summed E-state index contributed by atoms with van der Waals surface area (Å²) in [6.07, 6.45) is -4.13. The van der Waals surface area contributed by atoms with Gasteiger partial charge in [0, 0.05) is 18.7 Å². The van der Waals surface area contributed by atoms with Crippen LogP contribution in [0.5, 0.6) is 5.75 Å². The van der Waals surface area contributed by atoms with E-state index in [0.717, 1.165) is 12.1 Å². The van der Waals surface area contributed by atoms with Crippen molar-refractivity contribution in [1.29, 1.82) is 0 Å². The fraction of sp³-hybridized carbons (Fsp3) is 0.350. The molecule has 1 amide bonds. The lowest BCUT2D eigenvalue weighted by molar-refractivity contribution is -0.137. The quantitative estimate of drug-likeness (QED) is 0.859. The maximum absolute atomic E-state index is 12.9. The van der Waals surface area contributed by atoms with Gasteiger partial charge in [-0.3, -0.25) is 4.79 Å². The zero-order valence-corrected chi connectivity index (χ0v) is 14.5. The topological polar surface area (TPSA) is 60.8 Å². The first-order valence-corrected chi connectivity index (χ1v) is 8.64. The number of halogens is 3. The second kappa shape index (κ2) is 7.23. The number of nitrogens with zero attached hydrogens (tertiary/aromatic N) is 1. The highest BCUT2D eigenvalue weighted by molar-refractivity contribution is 5.79. The van der Waals surface area contributed by atoms with Gasteiger partial charge in [-0.2, -0.15) is 13.2 Å².